The summed E-state index contributed by atoms with van der Waals surface area (Å²) < 4.78 is 0. The lowest BCUT2D eigenvalue weighted by atomic mass is 10.1. The molecule has 0 aliphatic carbocycles. The van der Waals surface area contributed by atoms with Crippen LogP contribution in [-0.4, -0.2) is 46.9 Å². The lowest BCUT2D eigenvalue weighted by Gasteiger charge is -2.30. The highest BCUT2D eigenvalue weighted by molar-refractivity contribution is 8.13. The molecule has 0 N–H and O–H groups in total. The van der Waals surface area contributed by atoms with Gasteiger partial charge >= 0.3 is 0 Å². The molecule has 0 atom stereocenters. The maximum absolute atomic E-state index is 12.6. The summed E-state index contributed by atoms with van der Waals surface area (Å²) in [6, 6.07) is 3.99. The molecular weight excluding hydrogens is 302 g/mol. The van der Waals surface area contributed by atoms with E-state index in [0.29, 0.717) is 12.4 Å². The van der Waals surface area contributed by atoms with Crippen LogP contribution in [0.1, 0.15) is 24.1 Å². The first-order valence-electron chi connectivity index (χ1n) is 7.20. The number of piperidine rings is 1. The highest BCUT2D eigenvalue weighted by Gasteiger charge is 2.31. The predicted molar refractivity (Wildman–Crippen MR) is 90.4 cm³/mol. The van der Waals surface area contributed by atoms with Gasteiger partial charge in [0.25, 0.3) is 5.91 Å². The standard InChI is InChI=1S/C15H19N3OS2/c1-20-15-16-13(10-12-6-5-9-21-12)14(19)18(15)11-17-7-3-2-4-8-17/h5-6,9-10H,2-4,7-8,11H2,1H3/b13-10-. The Bertz CT molecular complexity index is 559. The zero-order valence-electron chi connectivity index (χ0n) is 12.1. The van der Waals surface area contributed by atoms with Crippen LogP contribution in [0.25, 0.3) is 6.08 Å². The Morgan fingerprint density at radius 3 is 2.86 bits per heavy atom. The SMILES string of the molecule is CSC1=N/C(=C\c2cccs2)C(=O)N1CN1CCCCC1. The van der Waals surface area contributed by atoms with E-state index < -0.39 is 0 Å². The highest BCUT2D eigenvalue weighted by atomic mass is 32.2. The summed E-state index contributed by atoms with van der Waals surface area (Å²) in [5.41, 5.74) is 0.554. The van der Waals surface area contributed by atoms with Crippen molar-refractivity contribution in [2.45, 2.75) is 19.3 Å². The van der Waals surface area contributed by atoms with Crippen LogP contribution in [0.2, 0.25) is 0 Å². The summed E-state index contributed by atoms with van der Waals surface area (Å²) in [4.78, 5) is 22.3. The number of aliphatic imine (C=N–C) groups is 1. The number of nitrogens with zero attached hydrogens (tertiary/aromatic N) is 3. The summed E-state index contributed by atoms with van der Waals surface area (Å²) >= 11 is 3.16. The predicted octanol–water partition coefficient (Wildman–Crippen LogP) is 3.09. The van der Waals surface area contributed by atoms with Crippen molar-refractivity contribution in [3.05, 3.63) is 28.1 Å². The molecule has 1 aromatic heterocycles. The lowest BCUT2D eigenvalue weighted by Crippen LogP contribution is -2.43. The minimum absolute atomic E-state index is 0.0262. The Morgan fingerprint density at radius 1 is 1.38 bits per heavy atom. The van der Waals surface area contributed by atoms with Crippen LogP contribution in [-0.2, 0) is 4.79 Å². The largest absolute Gasteiger partial charge is 0.286 e. The van der Waals surface area contributed by atoms with Crippen LogP contribution in [0.4, 0.5) is 0 Å². The van der Waals surface area contributed by atoms with E-state index >= 15 is 0 Å². The lowest BCUT2D eigenvalue weighted by molar-refractivity contribution is -0.124. The molecule has 0 unspecified atom stereocenters. The van der Waals surface area contributed by atoms with Crippen LogP contribution < -0.4 is 0 Å². The van der Waals surface area contributed by atoms with Crippen molar-refractivity contribution in [3.8, 4) is 0 Å². The Labute approximate surface area is 133 Å². The van der Waals surface area contributed by atoms with Gasteiger partial charge in [-0.2, -0.15) is 0 Å². The third-order valence-corrected chi connectivity index (χ3v) is 5.20. The fourth-order valence-electron chi connectivity index (χ4n) is 2.62. The number of hydrogen-bond donors (Lipinski definition) is 0. The zero-order valence-corrected chi connectivity index (χ0v) is 13.8. The van der Waals surface area contributed by atoms with Crippen LogP contribution in [0.3, 0.4) is 0 Å². The van der Waals surface area contributed by atoms with Gasteiger partial charge in [-0.1, -0.05) is 24.2 Å². The smallest absolute Gasteiger partial charge is 0.279 e. The van der Waals surface area contributed by atoms with Crippen LogP contribution in [0.5, 0.6) is 0 Å². The summed E-state index contributed by atoms with van der Waals surface area (Å²) in [7, 11) is 0. The van der Waals surface area contributed by atoms with Crippen molar-refractivity contribution >= 4 is 40.2 Å². The fourth-order valence-corrected chi connectivity index (χ4v) is 3.82. The van der Waals surface area contributed by atoms with Gasteiger partial charge in [-0.3, -0.25) is 14.6 Å². The molecule has 1 saturated heterocycles. The molecular formula is C15H19N3OS2. The molecule has 4 nitrogen and oxygen atoms in total. The summed E-state index contributed by atoms with van der Waals surface area (Å²) in [5.74, 6) is 0.0262. The molecule has 1 amide bonds. The Hall–Kier alpha value is -1.11. The van der Waals surface area contributed by atoms with Gasteiger partial charge < -0.3 is 0 Å². The molecule has 3 rings (SSSR count). The Morgan fingerprint density at radius 2 is 2.19 bits per heavy atom. The number of rotatable bonds is 3. The van der Waals surface area contributed by atoms with Crippen molar-refractivity contribution in [2.75, 3.05) is 26.0 Å². The minimum atomic E-state index is 0.0262. The molecule has 0 aromatic carbocycles. The number of thioether (sulfide) groups is 1. The second-order valence-corrected chi connectivity index (χ2v) is 6.95. The monoisotopic (exact) mass is 321 g/mol. The van der Waals surface area contributed by atoms with E-state index in [-0.39, 0.29) is 5.91 Å². The maximum atomic E-state index is 12.6. The molecule has 6 heteroatoms. The van der Waals surface area contributed by atoms with Crippen molar-refractivity contribution in [2.24, 2.45) is 4.99 Å². The molecule has 0 bridgehead atoms. The normalized spacial score (nSPS) is 22.1. The average Bonchev–Trinajstić information content (AvgIpc) is 3.12. The number of likely N-dealkylation sites (tertiary alicyclic amines) is 1. The van der Waals surface area contributed by atoms with Crippen molar-refractivity contribution in [1.82, 2.24) is 9.80 Å². The highest BCUT2D eigenvalue weighted by Crippen LogP contribution is 2.25. The van der Waals surface area contributed by atoms with Crippen LogP contribution in [0.15, 0.2) is 28.2 Å². The van der Waals surface area contributed by atoms with Gasteiger partial charge in [-0.25, -0.2) is 4.99 Å². The van der Waals surface area contributed by atoms with E-state index in [0.717, 1.165) is 23.1 Å². The van der Waals surface area contributed by atoms with Crippen LogP contribution in [0, 0.1) is 0 Å². The molecule has 1 fully saturated rings. The molecule has 3 heterocycles. The molecule has 0 radical (unpaired) electrons. The van der Waals surface area contributed by atoms with Gasteiger partial charge in [0.1, 0.15) is 5.70 Å². The third-order valence-electron chi connectivity index (χ3n) is 3.71. The van der Waals surface area contributed by atoms with E-state index in [2.05, 4.69) is 9.89 Å². The Balaban J connectivity index is 1.75. The first-order valence-corrected chi connectivity index (χ1v) is 9.30. The minimum Gasteiger partial charge on any atom is -0.286 e. The van der Waals surface area contributed by atoms with E-state index in [1.807, 2.05) is 34.7 Å². The van der Waals surface area contributed by atoms with Gasteiger partial charge in [0.2, 0.25) is 0 Å². The third kappa shape index (κ3) is 3.39. The van der Waals surface area contributed by atoms with Gasteiger partial charge in [0, 0.05) is 4.88 Å². The zero-order chi connectivity index (χ0) is 14.7. The summed E-state index contributed by atoms with van der Waals surface area (Å²) in [6.45, 7) is 2.82. The van der Waals surface area contributed by atoms with Gasteiger partial charge in [0.15, 0.2) is 5.17 Å². The molecule has 21 heavy (non-hydrogen) atoms. The van der Waals surface area contributed by atoms with Crippen molar-refractivity contribution < 1.29 is 4.79 Å². The van der Waals surface area contributed by atoms with E-state index in [1.54, 1.807) is 23.1 Å². The first kappa shape index (κ1) is 14.8. The molecule has 2 aliphatic rings. The second kappa shape index (κ2) is 6.77. The number of thiophene rings is 1. The van der Waals surface area contributed by atoms with Crippen molar-refractivity contribution in [1.29, 1.82) is 0 Å². The van der Waals surface area contributed by atoms with Gasteiger partial charge in [0.05, 0.1) is 6.67 Å². The number of carbonyl (C=O) groups is 1. The van der Waals surface area contributed by atoms with E-state index in [1.165, 1.54) is 19.3 Å². The first-order chi connectivity index (χ1) is 10.3. The molecule has 2 aliphatic heterocycles. The van der Waals surface area contributed by atoms with E-state index in [9.17, 15) is 4.79 Å². The van der Waals surface area contributed by atoms with E-state index in [4.69, 9.17) is 0 Å². The topological polar surface area (TPSA) is 35.9 Å². The Kier molecular flexibility index (Phi) is 4.77. The molecule has 0 spiro atoms. The van der Waals surface area contributed by atoms with Crippen molar-refractivity contribution in [3.63, 3.8) is 0 Å². The fraction of sp³-hybridized carbons (Fsp3) is 0.467. The average molecular weight is 321 g/mol. The van der Waals surface area contributed by atoms with Gasteiger partial charge in [-0.15, -0.1) is 11.3 Å². The number of amidine groups is 1. The van der Waals surface area contributed by atoms with Gasteiger partial charge in [-0.05, 0) is 49.7 Å². The summed E-state index contributed by atoms with van der Waals surface area (Å²) in [5, 5.41) is 2.82. The maximum Gasteiger partial charge on any atom is 0.279 e. The summed E-state index contributed by atoms with van der Waals surface area (Å²) in [6.07, 6.45) is 7.62. The molecule has 1 aromatic rings. The second-order valence-electron chi connectivity index (χ2n) is 5.20. The quantitative estimate of drug-likeness (QED) is 0.803. The number of carbonyl (C=O) groups excluding carboxylic acids is 1. The number of hydrogen-bond acceptors (Lipinski definition) is 5. The number of amides is 1. The molecule has 0 saturated carbocycles. The van der Waals surface area contributed by atoms with Crippen LogP contribution >= 0.6 is 23.1 Å². The molecule has 112 valence electrons.